The zero-order valence-corrected chi connectivity index (χ0v) is 17.8. The van der Waals surface area contributed by atoms with E-state index in [2.05, 4.69) is 5.32 Å². The lowest BCUT2D eigenvalue weighted by Gasteiger charge is -2.34. The summed E-state index contributed by atoms with van der Waals surface area (Å²) >= 11 is 6.06. The third-order valence-corrected chi connectivity index (χ3v) is 7.27. The van der Waals surface area contributed by atoms with Crippen molar-refractivity contribution in [1.29, 1.82) is 0 Å². The molecule has 9 nitrogen and oxygen atoms in total. The molecule has 0 bridgehead atoms. The number of carbonyl (C=O) groups excluding carboxylic acids is 1. The molecule has 0 aromatic heterocycles. The Labute approximate surface area is 179 Å². The number of amides is 1. The number of para-hydroxylation sites is 1. The molecule has 1 heterocycles. The number of rotatable bonds is 6. The molecule has 1 aliphatic heterocycles. The van der Waals surface area contributed by atoms with Gasteiger partial charge in [0.2, 0.25) is 15.9 Å². The maximum atomic E-state index is 13.0. The van der Waals surface area contributed by atoms with Crippen molar-refractivity contribution in [1.82, 2.24) is 9.21 Å². The number of carbonyl (C=O) groups is 1. The number of benzene rings is 2. The van der Waals surface area contributed by atoms with Gasteiger partial charge in [-0.3, -0.25) is 14.9 Å². The van der Waals surface area contributed by atoms with Gasteiger partial charge in [0.05, 0.1) is 27.1 Å². The predicted molar refractivity (Wildman–Crippen MR) is 113 cm³/mol. The highest BCUT2D eigenvalue weighted by molar-refractivity contribution is 7.89. The Bertz CT molecular complexity index is 1070. The third kappa shape index (κ3) is 4.72. The number of sulfonamides is 1. The predicted octanol–water partition coefficient (Wildman–Crippen LogP) is 2.50. The lowest BCUT2D eigenvalue weighted by Crippen LogP contribution is -2.51. The molecule has 2 aromatic carbocycles. The van der Waals surface area contributed by atoms with Crippen molar-refractivity contribution >= 4 is 38.9 Å². The number of nitro groups is 1. The van der Waals surface area contributed by atoms with E-state index in [1.807, 2.05) is 0 Å². The van der Waals surface area contributed by atoms with E-state index in [0.29, 0.717) is 16.3 Å². The maximum absolute atomic E-state index is 13.0. The average Bonchev–Trinajstić information content (AvgIpc) is 2.73. The van der Waals surface area contributed by atoms with Crippen LogP contribution in [-0.4, -0.2) is 61.2 Å². The number of hydrogen-bond donors (Lipinski definition) is 1. The summed E-state index contributed by atoms with van der Waals surface area (Å²) in [5, 5.41) is 14.5. The largest absolute Gasteiger partial charge is 0.375 e. The van der Waals surface area contributed by atoms with Crippen molar-refractivity contribution in [2.24, 2.45) is 0 Å². The van der Waals surface area contributed by atoms with Crippen LogP contribution in [0.25, 0.3) is 0 Å². The molecule has 2 aromatic rings. The van der Waals surface area contributed by atoms with Crippen molar-refractivity contribution in [3.63, 3.8) is 0 Å². The Hall–Kier alpha value is -2.69. The van der Waals surface area contributed by atoms with Crippen LogP contribution in [0.5, 0.6) is 0 Å². The van der Waals surface area contributed by atoms with Gasteiger partial charge in [0.15, 0.2) is 0 Å². The minimum absolute atomic E-state index is 0.0421. The zero-order chi connectivity index (χ0) is 21.9. The number of piperazine rings is 1. The quantitative estimate of drug-likeness (QED) is 0.532. The minimum Gasteiger partial charge on any atom is -0.375 e. The second kappa shape index (κ2) is 8.99. The Morgan fingerprint density at radius 2 is 1.83 bits per heavy atom. The van der Waals surface area contributed by atoms with Gasteiger partial charge in [0.25, 0.3) is 5.69 Å². The molecule has 0 radical (unpaired) electrons. The van der Waals surface area contributed by atoms with Gasteiger partial charge < -0.3 is 10.2 Å². The molecule has 11 heteroatoms. The van der Waals surface area contributed by atoms with E-state index in [1.54, 1.807) is 36.1 Å². The summed E-state index contributed by atoms with van der Waals surface area (Å²) < 4.78 is 27.2. The van der Waals surface area contributed by atoms with Crippen LogP contribution in [0.3, 0.4) is 0 Å². The van der Waals surface area contributed by atoms with Gasteiger partial charge in [-0.1, -0.05) is 29.8 Å². The number of aryl methyl sites for hydroxylation is 1. The molecule has 30 heavy (non-hydrogen) atoms. The number of nitrogens with one attached hydrogen (secondary N) is 1. The van der Waals surface area contributed by atoms with Crippen LogP contribution >= 0.6 is 11.6 Å². The van der Waals surface area contributed by atoms with E-state index in [4.69, 9.17) is 11.6 Å². The van der Waals surface area contributed by atoms with Gasteiger partial charge >= 0.3 is 0 Å². The number of halogens is 1. The molecule has 1 amide bonds. The SMILES string of the molecule is Cc1ccc([N+](=O)[O-])cc1S(=O)(=O)N1CCN(C(=O)CNc2ccccc2Cl)CC1. The van der Waals surface area contributed by atoms with Crippen molar-refractivity contribution in [2.45, 2.75) is 11.8 Å². The smallest absolute Gasteiger partial charge is 0.270 e. The molecule has 0 saturated carbocycles. The van der Waals surface area contributed by atoms with Crippen LogP contribution in [0.1, 0.15) is 5.56 Å². The molecule has 3 rings (SSSR count). The summed E-state index contributed by atoms with van der Waals surface area (Å²) in [6, 6.07) is 10.9. The maximum Gasteiger partial charge on any atom is 0.270 e. The van der Waals surface area contributed by atoms with E-state index in [9.17, 15) is 23.3 Å². The standard InChI is InChI=1S/C19H21ClN4O5S/c1-14-6-7-15(24(26)27)12-18(14)30(28,29)23-10-8-22(9-11-23)19(25)13-21-17-5-3-2-4-16(17)20/h2-7,12,21H,8-11,13H2,1H3. The summed E-state index contributed by atoms with van der Waals surface area (Å²) in [6.45, 7) is 2.33. The Kier molecular flexibility index (Phi) is 6.59. The highest BCUT2D eigenvalue weighted by Crippen LogP contribution is 2.26. The van der Waals surface area contributed by atoms with Crippen LogP contribution < -0.4 is 5.32 Å². The Balaban J connectivity index is 1.63. The molecule has 0 atom stereocenters. The first-order valence-electron chi connectivity index (χ1n) is 9.21. The molecule has 160 valence electrons. The fourth-order valence-electron chi connectivity index (χ4n) is 3.18. The van der Waals surface area contributed by atoms with Crippen LogP contribution in [0.2, 0.25) is 5.02 Å². The van der Waals surface area contributed by atoms with Gasteiger partial charge in [0.1, 0.15) is 0 Å². The van der Waals surface area contributed by atoms with E-state index in [0.717, 1.165) is 6.07 Å². The van der Waals surface area contributed by atoms with E-state index in [1.165, 1.54) is 16.4 Å². The topological polar surface area (TPSA) is 113 Å². The van der Waals surface area contributed by atoms with Gasteiger partial charge in [-0.2, -0.15) is 4.31 Å². The fourth-order valence-corrected chi connectivity index (χ4v) is 5.05. The number of non-ortho nitro benzene ring substituents is 1. The van der Waals surface area contributed by atoms with E-state index in [-0.39, 0.29) is 49.2 Å². The summed E-state index contributed by atoms with van der Waals surface area (Å²) in [7, 11) is -3.90. The number of nitro benzene ring substituents is 1. The molecule has 0 aliphatic carbocycles. The van der Waals surface area contributed by atoms with Gasteiger partial charge in [-0.15, -0.1) is 0 Å². The summed E-state index contributed by atoms with van der Waals surface area (Å²) in [5.74, 6) is -0.168. The summed E-state index contributed by atoms with van der Waals surface area (Å²) in [4.78, 5) is 24.3. The molecule has 1 N–H and O–H groups in total. The molecular formula is C19H21ClN4O5S. The van der Waals surface area contributed by atoms with Crippen LogP contribution in [-0.2, 0) is 14.8 Å². The monoisotopic (exact) mass is 452 g/mol. The Morgan fingerprint density at radius 1 is 1.17 bits per heavy atom. The Morgan fingerprint density at radius 3 is 2.47 bits per heavy atom. The second-order valence-electron chi connectivity index (χ2n) is 6.83. The van der Waals surface area contributed by atoms with Crippen molar-refractivity contribution < 1.29 is 18.1 Å². The van der Waals surface area contributed by atoms with Crippen LogP contribution in [0, 0.1) is 17.0 Å². The van der Waals surface area contributed by atoms with E-state index < -0.39 is 14.9 Å². The number of hydrogen-bond acceptors (Lipinski definition) is 6. The number of anilines is 1. The van der Waals surface area contributed by atoms with Gasteiger partial charge in [-0.25, -0.2) is 8.42 Å². The first-order chi connectivity index (χ1) is 14.2. The molecule has 0 unspecified atom stereocenters. The van der Waals surface area contributed by atoms with Gasteiger partial charge in [0, 0.05) is 38.3 Å². The lowest BCUT2D eigenvalue weighted by molar-refractivity contribution is -0.385. The lowest BCUT2D eigenvalue weighted by atomic mass is 10.2. The number of nitrogens with zero attached hydrogens (tertiary/aromatic N) is 3. The minimum atomic E-state index is -3.90. The summed E-state index contributed by atoms with van der Waals surface area (Å²) in [6.07, 6.45) is 0. The average molecular weight is 453 g/mol. The fraction of sp³-hybridized carbons (Fsp3) is 0.316. The molecule has 0 spiro atoms. The second-order valence-corrected chi connectivity index (χ2v) is 9.14. The normalized spacial score (nSPS) is 15.1. The molecular weight excluding hydrogens is 432 g/mol. The molecule has 1 saturated heterocycles. The first-order valence-corrected chi connectivity index (χ1v) is 11.0. The highest BCUT2D eigenvalue weighted by Gasteiger charge is 2.32. The van der Waals surface area contributed by atoms with E-state index >= 15 is 0 Å². The first kappa shape index (κ1) is 22.0. The van der Waals surface area contributed by atoms with Gasteiger partial charge in [-0.05, 0) is 24.6 Å². The molecule has 1 aliphatic rings. The summed E-state index contributed by atoms with van der Waals surface area (Å²) in [5.41, 5.74) is 0.802. The van der Waals surface area contributed by atoms with Crippen LogP contribution in [0.4, 0.5) is 11.4 Å². The highest BCUT2D eigenvalue weighted by atomic mass is 35.5. The van der Waals surface area contributed by atoms with Crippen LogP contribution in [0.15, 0.2) is 47.4 Å². The van der Waals surface area contributed by atoms with Crippen molar-refractivity contribution in [3.8, 4) is 0 Å². The third-order valence-electron chi connectivity index (χ3n) is 4.90. The zero-order valence-electron chi connectivity index (χ0n) is 16.2. The molecule has 1 fully saturated rings. The van der Waals surface area contributed by atoms with Crippen molar-refractivity contribution in [3.05, 3.63) is 63.2 Å². The van der Waals surface area contributed by atoms with Crippen molar-refractivity contribution in [2.75, 3.05) is 38.0 Å².